The third-order valence-electron chi connectivity index (χ3n) is 5.21. The van der Waals surface area contributed by atoms with E-state index in [-0.39, 0.29) is 6.04 Å². The van der Waals surface area contributed by atoms with Crippen molar-refractivity contribution in [3.63, 3.8) is 0 Å². The van der Waals surface area contributed by atoms with E-state index < -0.39 is 0 Å². The lowest BCUT2D eigenvalue weighted by atomic mass is 9.88. The molecule has 0 radical (unpaired) electrons. The zero-order valence-corrected chi connectivity index (χ0v) is 16.6. The molecular weight excluding hydrogens is 340 g/mol. The zero-order chi connectivity index (χ0) is 19.5. The Balaban J connectivity index is 1.80. The zero-order valence-electron chi connectivity index (χ0n) is 16.6. The number of allylic oxidation sites excluding steroid dienone is 11. The molecule has 140 valence electrons. The van der Waals surface area contributed by atoms with E-state index >= 15 is 0 Å². The van der Waals surface area contributed by atoms with Gasteiger partial charge in [-0.15, -0.1) is 0 Å². The normalized spacial score (nSPS) is 23.2. The topological polar surface area (TPSA) is 24.4 Å². The third-order valence-corrected chi connectivity index (χ3v) is 5.21. The van der Waals surface area contributed by atoms with Gasteiger partial charge in [0.2, 0.25) is 0 Å². The van der Waals surface area contributed by atoms with E-state index in [1.165, 1.54) is 11.1 Å². The Morgan fingerprint density at radius 2 is 1.93 bits per heavy atom. The largest absolute Gasteiger partial charge is 0.364 e. The average Bonchev–Trinajstić information content (AvgIpc) is 2.77. The van der Waals surface area contributed by atoms with E-state index in [4.69, 9.17) is 4.99 Å². The average molecular weight is 367 g/mol. The molecule has 28 heavy (non-hydrogen) atoms. The van der Waals surface area contributed by atoms with E-state index in [1.54, 1.807) is 0 Å². The van der Waals surface area contributed by atoms with Crippen molar-refractivity contribution in [3.8, 4) is 0 Å². The van der Waals surface area contributed by atoms with Crippen molar-refractivity contribution in [2.24, 2.45) is 4.99 Å². The molecule has 2 aliphatic heterocycles. The van der Waals surface area contributed by atoms with Crippen molar-refractivity contribution < 1.29 is 0 Å². The molecule has 0 saturated carbocycles. The van der Waals surface area contributed by atoms with E-state index in [1.807, 2.05) is 6.07 Å². The molecule has 1 N–H and O–H groups in total. The van der Waals surface area contributed by atoms with Gasteiger partial charge < -0.3 is 5.32 Å². The van der Waals surface area contributed by atoms with Crippen LogP contribution in [0.1, 0.15) is 32.3 Å². The molecule has 2 nitrogen and oxygen atoms in total. The van der Waals surface area contributed by atoms with E-state index in [2.05, 4.69) is 92.5 Å². The maximum Gasteiger partial charge on any atom is 0.134 e. The molecule has 1 aromatic rings. The SMILES string of the molecule is C=C1/C=C\C2=C(N=C(C)C=C1c1ccccc1)NC(C)C=C2C1=CC=CCC1. The lowest BCUT2D eigenvalue weighted by molar-refractivity contribution is 0.696. The maximum atomic E-state index is 4.95. The molecule has 0 fully saturated rings. The van der Waals surface area contributed by atoms with Gasteiger partial charge in [0, 0.05) is 17.3 Å². The van der Waals surface area contributed by atoms with Crippen LogP contribution < -0.4 is 5.32 Å². The van der Waals surface area contributed by atoms with Crippen LogP contribution in [0.5, 0.6) is 0 Å². The minimum Gasteiger partial charge on any atom is -0.364 e. The first-order valence-electron chi connectivity index (χ1n) is 9.90. The smallest absolute Gasteiger partial charge is 0.134 e. The van der Waals surface area contributed by atoms with Gasteiger partial charge >= 0.3 is 0 Å². The summed E-state index contributed by atoms with van der Waals surface area (Å²) in [6.07, 6.45) is 17.5. The molecule has 0 bridgehead atoms. The van der Waals surface area contributed by atoms with Gasteiger partial charge in [-0.2, -0.15) is 0 Å². The van der Waals surface area contributed by atoms with Gasteiger partial charge in [-0.05, 0) is 60.6 Å². The summed E-state index contributed by atoms with van der Waals surface area (Å²) in [6.45, 7) is 8.57. The lowest BCUT2D eigenvalue weighted by Gasteiger charge is -2.26. The number of dihydropyridines is 1. The number of benzene rings is 1. The minimum atomic E-state index is 0.243. The van der Waals surface area contributed by atoms with Crippen LogP contribution in [0.4, 0.5) is 0 Å². The predicted molar refractivity (Wildman–Crippen MR) is 120 cm³/mol. The number of hydrogen-bond donors (Lipinski definition) is 1. The summed E-state index contributed by atoms with van der Waals surface area (Å²) in [5.41, 5.74) is 8.03. The summed E-state index contributed by atoms with van der Waals surface area (Å²) in [5, 5.41) is 3.54. The quantitative estimate of drug-likeness (QED) is 0.675. The number of nitrogens with zero attached hydrogens (tertiary/aromatic N) is 1. The fourth-order valence-electron chi connectivity index (χ4n) is 3.84. The molecule has 0 spiro atoms. The van der Waals surface area contributed by atoms with Gasteiger partial charge in [-0.25, -0.2) is 4.99 Å². The fraction of sp³-hybridized carbons (Fsp3) is 0.192. The van der Waals surface area contributed by atoms with Gasteiger partial charge in [-0.1, -0.05) is 73.4 Å². The molecule has 2 heterocycles. The highest BCUT2D eigenvalue weighted by molar-refractivity contribution is 6.03. The van der Waals surface area contributed by atoms with Crippen LogP contribution in [0.2, 0.25) is 0 Å². The second-order valence-electron chi connectivity index (χ2n) is 7.47. The highest BCUT2D eigenvalue weighted by atomic mass is 15.1. The number of rotatable bonds is 2. The summed E-state index contributed by atoms with van der Waals surface area (Å²) in [7, 11) is 0. The summed E-state index contributed by atoms with van der Waals surface area (Å²) in [4.78, 5) is 4.95. The maximum absolute atomic E-state index is 4.95. The van der Waals surface area contributed by atoms with Gasteiger partial charge in [0.25, 0.3) is 0 Å². The Bertz CT molecular complexity index is 1010. The number of hydrogen-bond acceptors (Lipinski definition) is 2. The van der Waals surface area contributed by atoms with Gasteiger partial charge in [0.05, 0.1) is 0 Å². The molecular formula is C26H26N2. The molecule has 0 aromatic heterocycles. The molecule has 1 unspecified atom stereocenters. The monoisotopic (exact) mass is 366 g/mol. The molecule has 3 aliphatic rings. The van der Waals surface area contributed by atoms with E-state index in [9.17, 15) is 0 Å². The van der Waals surface area contributed by atoms with Crippen LogP contribution in [0.25, 0.3) is 5.57 Å². The van der Waals surface area contributed by atoms with Crippen LogP contribution in [-0.2, 0) is 0 Å². The van der Waals surface area contributed by atoms with Crippen LogP contribution in [0.3, 0.4) is 0 Å². The summed E-state index contributed by atoms with van der Waals surface area (Å²) in [6, 6.07) is 10.6. The van der Waals surface area contributed by atoms with E-state index in [0.29, 0.717) is 0 Å². The molecule has 4 rings (SSSR count). The van der Waals surface area contributed by atoms with Crippen molar-refractivity contribution in [2.75, 3.05) is 0 Å². The van der Waals surface area contributed by atoms with Crippen molar-refractivity contribution in [3.05, 3.63) is 113 Å². The summed E-state index contributed by atoms with van der Waals surface area (Å²) in [5.74, 6) is 0.938. The van der Waals surface area contributed by atoms with Crippen LogP contribution in [-0.4, -0.2) is 11.8 Å². The number of aliphatic imine (C=N–C) groups is 1. The summed E-state index contributed by atoms with van der Waals surface area (Å²) < 4.78 is 0. The minimum absolute atomic E-state index is 0.243. The van der Waals surface area contributed by atoms with Crippen molar-refractivity contribution in [1.82, 2.24) is 5.32 Å². The second-order valence-corrected chi connectivity index (χ2v) is 7.47. The number of nitrogens with one attached hydrogen (secondary N) is 1. The Kier molecular flexibility index (Phi) is 5.12. The molecule has 1 aliphatic carbocycles. The highest BCUT2D eigenvalue weighted by Crippen LogP contribution is 2.34. The van der Waals surface area contributed by atoms with Crippen molar-refractivity contribution in [2.45, 2.75) is 32.7 Å². The Morgan fingerprint density at radius 3 is 2.68 bits per heavy atom. The first-order chi connectivity index (χ1) is 13.6. The molecule has 0 saturated heterocycles. The van der Waals surface area contributed by atoms with Crippen LogP contribution >= 0.6 is 0 Å². The standard InChI is InChI=1S/C26H26N2/c1-18-14-15-23-25(22-12-8-5-9-13-22)17-20(3)28-26(23)27-19(2)16-24(18)21-10-6-4-7-11-21/h4-8,10-12,14-17,20,28H,1,9,13H2,2-3H3/b15-14-,24-16?,27-19?. The highest BCUT2D eigenvalue weighted by Gasteiger charge is 2.21. The molecule has 1 aromatic carbocycles. The Hall–Kier alpha value is -3.13. The third kappa shape index (κ3) is 3.77. The van der Waals surface area contributed by atoms with E-state index in [0.717, 1.165) is 46.7 Å². The molecule has 2 heteroatoms. The second kappa shape index (κ2) is 7.85. The van der Waals surface area contributed by atoms with Gasteiger partial charge in [0.15, 0.2) is 0 Å². The predicted octanol–water partition coefficient (Wildman–Crippen LogP) is 6.06. The fourth-order valence-corrected chi connectivity index (χ4v) is 3.84. The Morgan fingerprint density at radius 1 is 1.11 bits per heavy atom. The molecule has 0 amide bonds. The van der Waals surface area contributed by atoms with Crippen molar-refractivity contribution >= 4 is 11.3 Å². The first-order valence-corrected chi connectivity index (χ1v) is 9.90. The van der Waals surface area contributed by atoms with Crippen LogP contribution in [0, 0.1) is 0 Å². The van der Waals surface area contributed by atoms with Gasteiger partial charge in [-0.3, -0.25) is 0 Å². The Labute approximate surface area is 167 Å². The van der Waals surface area contributed by atoms with Gasteiger partial charge in [0.1, 0.15) is 5.82 Å². The summed E-state index contributed by atoms with van der Waals surface area (Å²) >= 11 is 0. The first kappa shape index (κ1) is 18.2. The molecule has 1 atom stereocenters. The van der Waals surface area contributed by atoms with Crippen molar-refractivity contribution in [1.29, 1.82) is 0 Å². The lowest BCUT2D eigenvalue weighted by Crippen LogP contribution is -2.29. The van der Waals surface area contributed by atoms with Crippen LogP contribution in [0.15, 0.2) is 113 Å².